The molecule has 0 atom stereocenters. The number of hydrogen-bond acceptors (Lipinski definition) is 4. The first kappa shape index (κ1) is 12.5. The zero-order valence-electron chi connectivity index (χ0n) is 11.4. The summed E-state index contributed by atoms with van der Waals surface area (Å²) in [7, 11) is 0. The molecule has 1 aliphatic carbocycles. The molecule has 1 aliphatic rings. The maximum atomic E-state index is 5.91. The number of nitrogens with zero attached hydrogens (tertiary/aromatic N) is 2. The van der Waals surface area contributed by atoms with Crippen LogP contribution in [0, 0.1) is 5.92 Å². The van der Waals surface area contributed by atoms with Gasteiger partial charge in [-0.15, -0.1) is 0 Å². The average molecular weight is 259 g/mol. The largest absolute Gasteiger partial charge is 0.439 e. The van der Waals surface area contributed by atoms with Crippen molar-refractivity contribution in [2.45, 2.75) is 32.7 Å². The van der Waals surface area contributed by atoms with Crippen molar-refractivity contribution in [1.82, 2.24) is 9.88 Å². The molecule has 1 aromatic heterocycles. The van der Waals surface area contributed by atoms with Crippen LogP contribution in [0.25, 0.3) is 11.1 Å². The van der Waals surface area contributed by atoms with Gasteiger partial charge in [-0.05, 0) is 37.4 Å². The number of aromatic nitrogens is 1. The molecule has 4 heteroatoms. The zero-order chi connectivity index (χ0) is 13.2. The van der Waals surface area contributed by atoms with E-state index < -0.39 is 0 Å². The van der Waals surface area contributed by atoms with Gasteiger partial charge in [0.15, 0.2) is 5.58 Å². The van der Waals surface area contributed by atoms with Gasteiger partial charge in [0, 0.05) is 6.54 Å². The highest BCUT2D eigenvalue weighted by Crippen LogP contribution is 2.28. The number of nitrogen functional groups attached to an aromatic ring is 1. The molecule has 0 amide bonds. The van der Waals surface area contributed by atoms with Crippen LogP contribution in [0.2, 0.25) is 0 Å². The normalized spacial score (nSPS) is 16.1. The van der Waals surface area contributed by atoms with Crippen LogP contribution < -0.4 is 5.73 Å². The van der Waals surface area contributed by atoms with E-state index in [2.05, 4.69) is 16.8 Å². The van der Waals surface area contributed by atoms with E-state index in [9.17, 15) is 0 Å². The fourth-order valence-corrected chi connectivity index (χ4v) is 2.62. The van der Waals surface area contributed by atoms with Crippen molar-refractivity contribution in [3.8, 4) is 0 Å². The van der Waals surface area contributed by atoms with E-state index in [0.717, 1.165) is 42.5 Å². The summed E-state index contributed by atoms with van der Waals surface area (Å²) in [5.41, 5.74) is 8.17. The second kappa shape index (κ2) is 5.21. The molecule has 0 aliphatic heterocycles. The molecule has 1 saturated carbocycles. The monoisotopic (exact) mass is 259 g/mol. The number of benzene rings is 1. The SMILES string of the molecule is CCN(Cc1nc2c(N)cccc2o1)CC1CCC1. The third kappa shape index (κ3) is 2.59. The van der Waals surface area contributed by atoms with Crippen molar-refractivity contribution in [2.75, 3.05) is 18.8 Å². The topological polar surface area (TPSA) is 55.3 Å². The average Bonchev–Trinajstić information content (AvgIpc) is 2.76. The van der Waals surface area contributed by atoms with Gasteiger partial charge in [-0.3, -0.25) is 4.90 Å². The van der Waals surface area contributed by atoms with Gasteiger partial charge in [-0.2, -0.15) is 0 Å². The lowest BCUT2D eigenvalue weighted by Crippen LogP contribution is -2.32. The molecule has 2 N–H and O–H groups in total. The van der Waals surface area contributed by atoms with Crippen molar-refractivity contribution in [3.05, 3.63) is 24.1 Å². The molecular weight excluding hydrogens is 238 g/mol. The van der Waals surface area contributed by atoms with E-state index in [4.69, 9.17) is 10.2 Å². The summed E-state index contributed by atoms with van der Waals surface area (Å²) in [6, 6.07) is 5.68. The first-order valence-electron chi connectivity index (χ1n) is 7.12. The lowest BCUT2D eigenvalue weighted by molar-refractivity contribution is 0.167. The smallest absolute Gasteiger partial charge is 0.209 e. The van der Waals surface area contributed by atoms with Crippen molar-refractivity contribution in [1.29, 1.82) is 0 Å². The lowest BCUT2D eigenvalue weighted by atomic mass is 9.85. The Balaban J connectivity index is 1.73. The first-order valence-corrected chi connectivity index (χ1v) is 7.12. The number of rotatable bonds is 5. The highest BCUT2D eigenvalue weighted by Gasteiger charge is 2.21. The maximum Gasteiger partial charge on any atom is 0.209 e. The Kier molecular flexibility index (Phi) is 3.42. The predicted octanol–water partition coefficient (Wildman–Crippen LogP) is 3.03. The molecule has 0 spiro atoms. The summed E-state index contributed by atoms with van der Waals surface area (Å²) in [4.78, 5) is 6.93. The van der Waals surface area contributed by atoms with Crippen molar-refractivity contribution in [3.63, 3.8) is 0 Å². The summed E-state index contributed by atoms with van der Waals surface area (Å²) >= 11 is 0. The number of fused-ring (bicyclic) bond motifs is 1. The molecular formula is C15H21N3O. The predicted molar refractivity (Wildman–Crippen MR) is 76.7 cm³/mol. The maximum absolute atomic E-state index is 5.91. The van der Waals surface area contributed by atoms with Gasteiger partial charge < -0.3 is 10.2 Å². The fraction of sp³-hybridized carbons (Fsp3) is 0.533. The summed E-state index contributed by atoms with van der Waals surface area (Å²) in [5, 5.41) is 0. The van der Waals surface area contributed by atoms with Crippen molar-refractivity contribution in [2.24, 2.45) is 5.92 Å². The van der Waals surface area contributed by atoms with Crippen LogP contribution >= 0.6 is 0 Å². The van der Waals surface area contributed by atoms with Crippen LogP contribution in [0.3, 0.4) is 0 Å². The minimum atomic E-state index is 0.689. The Hall–Kier alpha value is -1.55. The number of oxazole rings is 1. The summed E-state index contributed by atoms with van der Waals surface area (Å²) in [6.45, 7) is 5.16. The molecule has 0 unspecified atom stereocenters. The van der Waals surface area contributed by atoms with E-state index in [1.807, 2.05) is 18.2 Å². The van der Waals surface area contributed by atoms with Crippen LogP contribution in [-0.4, -0.2) is 23.0 Å². The van der Waals surface area contributed by atoms with E-state index in [1.165, 1.54) is 19.3 Å². The second-order valence-corrected chi connectivity index (χ2v) is 5.43. The molecule has 1 fully saturated rings. The second-order valence-electron chi connectivity index (χ2n) is 5.43. The van der Waals surface area contributed by atoms with Gasteiger partial charge in [0.25, 0.3) is 0 Å². The molecule has 102 valence electrons. The molecule has 0 bridgehead atoms. The Bertz CT molecular complexity index is 560. The van der Waals surface area contributed by atoms with Gasteiger partial charge >= 0.3 is 0 Å². The summed E-state index contributed by atoms with van der Waals surface area (Å²) < 4.78 is 5.78. The minimum absolute atomic E-state index is 0.689. The van der Waals surface area contributed by atoms with E-state index in [1.54, 1.807) is 0 Å². The highest BCUT2D eigenvalue weighted by atomic mass is 16.3. The van der Waals surface area contributed by atoms with Crippen LogP contribution in [0.1, 0.15) is 32.1 Å². The van der Waals surface area contributed by atoms with E-state index in [0.29, 0.717) is 5.69 Å². The first-order chi connectivity index (χ1) is 9.26. The third-order valence-electron chi connectivity index (χ3n) is 4.04. The third-order valence-corrected chi connectivity index (χ3v) is 4.04. The Morgan fingerprint density at radius 2 is 2.26 bits per heavy atom. The lowest BCUT2D eigenvalue weighted by Gasteiger charge is -2.31. The number of nitrogens with two attached hydrogens (primary N) is 1. The number of hydrogen-bond donors (Lipinski definition) is 1. The van der Waals surface area contributed by atoms with E-state index >= 15 is 0 Å². The molecule has 1 heterocycles. The highest BCUT2D eigenvalue weighted by molar-refractivity contribution is 5.85. The fourth-order valence-electron chi connectivity index (χ4n) is 2.62. The van der Waals surface area contributed by atoms with Crippen LogP contribution in [0.4, 0.5) is 5.69 Å². The van der Waals surface area contributed by atoms with E-state index in [-0.39, 0.29) is 0 Å². The minimum Gasteiger partial charge on any atom is -0.439 e. The van der Waals surface area contributed by atoms with Crippen LogP contribution in [0.5, 0.6) is 0 Å². The Labute approximate surface area is 113 Å². The van der Waals surface area contributed by atoms with Crippen LogP contribution in [0.15, 0.2) is 22.6 Å². The summed E-state index contributed by atoms with van der Waals surface area (Å²) in [5.74, 6) is 1.64. The number of para-hydroxylation sites is 1. The number of anilines is 1. The quantitative estimate of drug-likeness (QED) is 0.839. The Morgan fingerprint density at radius 1 is 1.42 bits per heavy atom. The van der Waals surface area contributed by atoms with Gasteiger partial charge in [-0.25, -0.2) is 4.98 Å². The molecule has 4 nitrogen and oxygen atoms in total. The molecule has 2 aromatic rings. The Morgan fingerprint density at radius 3 is 2.89 bits per heavy atom. The van der Waals surface area contributed by atoms with Crippen LogP contribution in [-0.2, 0) is 6.54 Å². The van der Waals surface area contributed by atoms with Gasteiger partial charge in [0.1, 0.15) is 5.52 Å². The molecule has 19 heavy (non-hydrogen) atoms. The van der Waals surface area contributed by atoms with Gasteiger partial charge in [-0.1, -0.05) is 19.4 Å². The van der Waals surface area contributed by atoms with Gasteiger partial charge in [0.2, 0.25) is 5.89 Å². The molecule has 0 radical (unpaired) electrons. The standard InChI is InChI=1S/C15H21N3O/c1-2-18(9-11-5-3-6-11)10-14-17-15-12(16)7-4-8-13(15)19-14/h4,7-8,11H,2-3,5-6,9-10,16H2,1H3. The van der Waals surface area contributed by atoms with Crippen molar-refractivity contribution < 1.29 is 4.42 Å². The summed E-state index contributed by atoms with van der Waals surface area (Å²) in [6.07, 6.45) is 4.13. The molecule has 1 aromatic carbocycles. The molecule has 0 saturated heterocycles. The van der Waals surface area contributed by atoms with Gasteiger partial charge in [0.05, 0.1) is 12.2 Å². The molecule has 3 rings (SSSR count). The van der Waals surface area contributed by atoms with Crippen molar-refractivity contribution >= 4 is 16.8 Å². The zero-order valence-corrected chi connectivity index (χ0v) is 11.4.